The Kier molecular flexibility index (Phi) is 12.3. The zero-order valence-electron chi connectivity index (χ0n) is 20.1. The van der Waals surface area contributed by atoms with E-state index in [2.05, 4.69) is 6.92 Å². The molecule has 1 unspecified atom stereocenters. The molecular weight excluding hydrogens is 400 g/mol. The van der Waals surface area contributed by atoms with Gasteiger partial charge >= 0.3 is 5.97 Å². The van der Waals surface area contributed by atoms with Gasteiger partial charge in [-0.15, -0.1) is 0 Å². The lowest BCUT2D eigenvalue weighted by Gasteiger charge is -2.20. The van der Waals surface area contributed by atoms with E-state index in [1.165, 1.54) is 12.8 Å². The van der Waals surface area contributed by atoms with Gasteiger partial charge in [-0.2, -0.15) is 0 Å². The molecule has 4 heteroatoms. The fraction of sp³-hybridized carbons (Fsp3) is 0.643. The molecule has 1 N–H and O–H groups in total. The van der Waals surface area contributed by atoms with E-state index in [9.17, 15) is 14.7 Å². The number of benzene rings is 1. The van der Waals surface area contributed by atoms with E-state index < -0.39 is 0 Å². The molecule has 0 saturated heterocycles. The maximum Gasteiger partial charge on any atom is 0.338 e. The second-order valence-electron chi connectivity index (χ2n) is 9.09. The fourth-order valence-electron chi connectivity index (χ4n) is 4.80. The molecule has 0 aliphatic heterocycles. The Bertz CT molecular complexity index is 709. The smallest absolute Gasteiger partial charge is 0.338 e. The van der Waals surface area contributed by atoms with Crippen molar-refractivity contribution in [3.63, 3.8) is 0 Å². The third-order valence-corrected chi connectivity index (χ3v) is 6.65. The fourth-order valence-corrected chi connectivity index (χ4v) is 4.80. The molecule has 178 valence electrons. The van der Waals surface area contributed by atoms with Crippen LogP contribution in [0.1, 0.15) is 96.5 Å². The number of allylic oxidation sites excluding steroid dienone is 1. The zero-order valence-corrected chi connectivity index (χ0v) is 20.1. The first-order valence-electron chi connectivity index (χ1n) is 12.7. The molecule has 2 rings (SSSR count). The number of rotatable bonds is 15. The molecule has 1 aromatic carbocycles. The van der Waals surface area contributed by atoms with Crippen molar-refractivity contribution in [2.75, 3.05) is 6.61 Å². The van der Waals surface area contributed by atoms with Gasteiger partial charge in [0.05, 0.1) is 18.3 Å². The van der Waals surface area contributed by atoms with Crippen LogP contribution >= 0.6 is 0 Å². The maximum atomic E-state index is 12.4. The van der Waals surface area contributed by atoms with Crippen LogP contribution in [0.3, 0.4) is 0 Å². The van der Waals surface area contributed by atoms with Gasteiger partial charge in [-0.05, 0) is 63.4 Å². The highest BCUT2D eigenvalue weighted by atomic mass is 16.5. The van der Waals surface area contributed by atoms with E-state index in [4.69, 9.17) is 4.74 Å². The van der Waals surface area contributed by atoms with E-state index >= 15 is 0 Å². The minimum Gasteiger partial charge on any atom is -0.462 e. The first kappa shape index (κ1) is 26.3. The number of ether oxygens (including phenoxy) is 1. The summed E-state index contributed by atoms with van der Waals surface area (Å²) in [4.78, 5) is 24.8. The number of aliphatic hydroxyl groups excluding tert-OH is 1. The van der Waals surface area contributed by atoms with E-state index in [0.29, 0.717) is 30.3 Å². The lowest BCUT2D eigenvalue weighted by Crippen LogP contribution is -2.17. The van der Waals surface area contributed by atoms with Gasteiger partial charge in [0.1, 0.15) is 5.78 Å². The molecule has 0 amide bonds. The lowest BCUT2D eigenvalue weighted by atomic mass is 9.86. The van der Waals surface area contributed by atoms with Crippen LogP contribution in [0.25, 0.3) is 5.57 Å². The number of carbonyl (C=O) groups excluding carboxylic acids is 2. The van der Waals surface area contributed by atoms with Crippen LogP contribution in [0.15, 0.2) is 36.4 Å². The summed E-state index contributed by atoms with van der Waals surface area (Å²) < 4.78 is 5.23. The Hall–Kier alpha value is -1.94. The van der Waals surface area contributed by atoms with Crippen LogP contribution in [0.2, 0.25) is 0 Å². The van der Waals surface area contributed by atoms with Crippen LogP contribution in [-0.4, -0.2) is 29.6 Å². The Morgan fingerprint density at radius 2 is 1.88 bits per heavy atom. The van der Waals surface area contributed by atoms with E-state index in [-0.39, 0.29) is 18.0 Å². The summed E-state index contributed by atoms with van der Waals surface area (Å²) in [5.74, 6) is 0.712. The molecule has 0 bridgehead atoms. The van der Waals surface area contributed by atoms with Crippen LogP contribution in [-0.2, 0) is 14.3 Å². The number of hydrogen-bond acceptors (Lipinski definition) is 4. The van der Waals surface area contributed by atoms with Crippen molar-refractivity contribution in [2.45, 2.75) is 97.0 Å². The third-order valence-electron chi connectivity index (χ3n) is 6.65. The molecule has 1 aliphatic rings. The van der Waals surface area contributed by atoms with Crippen molar-refractivity contribution < 1.29 is 19.4 Å². The van der Waals surface area contributed by atoms with Gasteiger partial charge in [0.25, 0.3) is 0 Å². The van der Waals surface area contributed by atoms with E-state index in [1.54, 1.807) is 0 Å². The molecule has 0 aromatic heterocycles. The van der Waals surface area contributed by atoms with Gasteiger partial charge in [-0.1, -0.05) is 69.0 Å². The number of aliphatic hydroxyl groups is 1. The summed E-state index contributed by atoms with van der Waals surface area (Å²) in [7, 11) is 0. The summed E-state index contributed by atoms with van der Waals surface area (Å²) in [6.07, 6.45) is 13.2. The molecule has 1 aliphatic carbocycles. The van der Waals surface area contributed by atoms with Crippen molar-refractivity contribution in [2.24, 2.45) is 11.8 Å². The van der Waals surface area contributed by atoms with Crippen LogP contribution in [0.5, 0.6) is 0 Å². The molecule has 0 radical (unpaired) electrons. The van der Waals surface area contributed by atoms with Crippen LogP contribution in [0, 0.1) is 11.8 Å². The number of esters is 1. The largest absolute Gasteiger partial charge is 0.462 e. The van der Waals surface area contributed by atoms with E-state index in [1.807, 2.05) is 43.3 Å². The first-order chi connectivity index (χ1) is 15.6. The second kappa shape index (κ2) is 15.0. The number of ketones is 1. The van der Waals surface area contributed by atoms with Crippen molar-refractivity contribution >= 4 is 17.3 Å². The van der Waals surface area contributed by atoms with Gasteiger partial charge in [0.2, 0.25) is 0 Å². The minimum absolute atomic E-state index is 0.153. The summed E-state index contributed by atoms with van der Waals surface area (Å²) >= 11 is 0. The normalized spacial score (nSPS) is 19.8. The highest BCUT2D eigenvalue weighted by Gasteiger charge is 2.33. The number of Topliss-reactive ketones (excluding diaryl/α,β-unsaturated/α-hetero) is 1. The quantitative estimate of drug-likeness (QED) is 0.191. The molecule has 1 saturated carbocycles. The minimum atomic E-state index is -0.276. The van der Waals surface area contributed by atoms with Crippen LogP contribution < -0.4 is 0 Å². The average Bonchev–Trinajstić information content (AvgIpc) is 3.15. The van der Waals surface area contributed by atoms with Gasteiger partial charge in [0.15, 0.2) is 0 Å². The SMILES string of the molecule is CCCCCC(O)CC[C@H]1CCC(=O)[C@@H]1CCCCC=C(C(=O)OCC)c1ccccc1. The van der Waals surface area contributed by atoms with E-state index in [0.717, 1.165) is 63.4 Å². The summed E-state index contributed by atoms with van der Waals surface area (Å²) in [6, 6.07) is 9.65. The Morgan fingerprint density at radius 1 is 1.09 bits per heavy atom. The molecule has 4 nitrogen and oxygen atoms in total. The molecular formula is C28H42O4. The first-order valence-corrected chi connectivity index (χ1v) is 12.7. The van der Waals surface area contributed by atoms with Crippen molar-refractivity contribution in [1.29, 1.82) is 0 Å². The summed E-state index contributed by atoms with van der Waals surface area (Å²) in [6.45, 7) is 4.36. The predicted octanol–water partition coefficient (Wildman–Crippen LogP) is 6.51. The van der Waals surface area contributed by atoms with Crippen LogP contribution in [0.4, 0.5) is 0 Å². The van der Waals surface area contributed by atoms with Gasteiger partial charge in [-0.25, -0.2) is 4.79 Å². The predicted molar refractivity (Wildman–Crippen MR) is 130 cm³/mol. The van der Waals surface area contributed by atoms with Gasteiger partial charge in [-0.3, -0.25) is 4.79 Å². The van der Waals surface area contributed by atoms with Crippen molar-refractivity contribution in [3.05, 3.63) is 42.0 Å². The number of carbonyl (C=O) groups is 2. The summed E-state index contributed by atoms with van der Waals surface area (Å²) in [5, 5.41) is 10.2. The Morgan fingerprint density at radius 3 is 2.59 bits per heavy atom. The molecule has 3 atom stereocenters. The van der Waals surface area contributed by atoms with Gasteiger partial charge in [0, 0.05) is 12.3 Å². The maximum absolute atomic E-state index is 12.4. The third kappa shape index (κ3) is 8.90. The molecule has 1 fully saturated rings. The monoisotopic (exact) mass is 442 g/mol. The highest BCUT2D eigenvalue weighted by molar-refractivity contribution is 6.16. The molecule has 0 heterocycles. The summed E-state index contributed by atoms with van der Waals surface area (Å²) in [5.41, 5.74) is 1.51. The Balaban J connectivity index is 1.80. The highest BCUT2D eigenvalue weighted by Crippen LogP contribution is 2.36. The lowest BCUT2D eigenvalue weighted by molar-refractivity contribution is -0.136. The topological polar surface area (TPSA) is 63.6 Å². The standard InChI is InChI=1S/C28H42O4/c1-3-5-8-15-24(29)20-18-23-19-21-27(30)25(23)16-11-7-12-17-26(28(31)32-4-2)22-13-9-6-10-14-22/h6,9-10,13-14,17,23-25,29H,3-5,7-8,11-12,15-16,18-21H2,1-2H3/t23-,24?,25+/m0/s1. The average molecular weight is 443 g/mol. The van der Waals surface area contributed by atoms with Crippen molar-refractivity contribution in [3.8, 4) is 0 Å². The second-order valence-corrected chi connectivity index (χ2v) is 9.09. The molecule has 0 spiro atoms. The van der Waals surface area contributed by atoms with Gasteiger partial charge < -0.3 is 9.84 Å². The molecule has 32 heavy (non-hydrogen) atoms. The molecule has 1 aromatic rings. The zero-order chi connectivity index (χ0) is 23.2. The number of hydrogen-bond donors (Lipinski definition) is 1. The number of unbranched alkanes of at least 4 members (excludes halogenated alkanes) is 4. The van der Waals surface area contributed by atoms with Crippen molar-refractivity contribution in [1.82, 2.24) is 0 Å². The Labute approximate surface area is 194 Å².